The molecule has 0 saturated heterocycles. The van der Waals surface area contributed by atoms with Gasteiger partial charge in [-0.25, -0.2) is 0 Å². The van der Waals surface area contributed by atoms with E-state index < -0.39 is 14.3 Å². The normalized spacial score (nSPS) is 12.6. The Morgan fingerprint density at radius 1 is 0.338 bits per heavy atom. The second-order valence-electron chi connectivity index (χ2n) is 16.9. The van der Waals surface area contributed by atoms with Crippen LogP contribution in [0.1, 0.15) is 46.2 Å². The van der Waals surface area contributed by atoms with E-state index >= 15 is 0 Å². The first-order chi connectivity index (χ1) is 35.0. The van der Waals surface area contributed by atoms with E-state index in [0.29, 0.717) is 59.0 Å². The smallest absolute Gasteiger partial charge is 0.872 e. The van der Waals surface area contributed by atoms with E-state index in [0.717, 1.165) is 45.2 Å². The van der Waals surface area contributed by atoms with Gasteiger partial charge in [-0.3, -0.25) is 20.0 Å². The molecule has 0 fully saturated rings. The van der Waals surface area contributed by atoms with Gasteiger partial charge >= 0.3 is 39.0 Å². The first-order valence-corrected chi connectivity index (χ1v) is 27.0. The van der Waals surface area contributed by atoms with Gasteiger partial charge in [0.2, 0.25) is 0 Å². The van der Waals surface area contributed by atoms with Gasteiger partial charge in [-0.15, -0.1) is 11.5 Å². The fourth-order valence-corrected chi connectivity index (χ4v) is 13.4. The molecule has 0 radical (unpaired) electrons. The predicted octanol–water partition coefficient (Wildman–Crippen LogP) is 7.41. The topological polar surface area (TPSA) is 176 Å². The molecule has 364 valence electrons. The Bertz CT molecular complexity index is 2910. The van der Waals surface area contributed by atoms with Crippen molar-refractivity contribution in [3.05, 3.63) is 228 Å². The third-order valence-corrected chi connectivity index (χ3v) is 17.6. The van der Waals surface area contributed by atoms with Crippen LogP contribution in [0.2, 0.25) is 0 Å². The molecule has 0 N–H and O–H groups in total. The van der Waals surface area contributed by atoms with Gasteiger partial charge in [0.25, 0.3) is 0 Å². The van der Waals surface area contributed by atoms with Gasteiger partial charge in [0.1, 0.15) is 0 Å². The molecule has 0 saturated carbocycles. The zero-order chi connectivity index (χ0) is 50.8. The summed E-state index contributed by atoms with van der Waals surface area (Å²) in [5.41, 5.74) is 4.28. The van der Waals surface area contributed by atoms with E-state index in [4.69, 9.17) is 0 Å². The zero-order valence-electron chi connectivity index (χ0n) is 41.6. The van der Waals surface area contributed by atoms with Crippen molar-refractivity contribution < 1.29 is 68.5 Å². The quantitative estimate of drug-likeness (QED) is 0.124. The third kappa shape index (κ3) is 15.2. The molecule has 14 heteroatoms. The van der Waals surface area contributed by atoms with E-state index in [1.54, 1.807) is 49.1 Å². The number of aliphatic imine (C=N–C) groups is 4. The van der Waals surface area contributed by atoms with Gasteiger partial charge in [0.15, 0.2) is 14.3 Å². The Morgan fingerprint density at radius 2 is 0.581 bits per heavy atom. The molecule has 4 bridgehead atoms. The van der Waals surface area contributed by atoms with E-state index in [2.05, 4.69) is 20.0 Å². The van der Waals surface area contributed by atoms with E-state index in [-0.39, 0.29) is 62.0 Å². The number of nitrogens with zero attached hydrogens (tertiary/aromatic N) is 4. The molecule has 1 heterocycles. The van der Waals surface area contributed by atoms with Crippen LogP contribution in [0.4, 0.5) is 0 Å². The second-order valence-corrected chi connectivity index (χ2v) is 22.5. The Balaban J connectivity index is 0.000000207. The molecule has 8 aromatic carbocycles. The summed E-state index contributed by atoms with van der Waals surface area (Å²) >= 11 is 0. The van der Waals surface area contributed by atoms with Crippen molar-refractivity contribution in [3.8, 4) is 23.0 Å². The molecule has 0 aliphatic carbocycles. The van der Waals surface area contributed by atoms with Crippen LogP contribution in [0.5, 0.6) is 23.0 Å². The molecule has 1 aliphatic rings. The minimum atomic E-state index is -3.00. The predicted molar refractivity (Wildman–Crippen MR) is 291 cm³/mol. The first-order valence-electron chi connectivity index (χ1n) is 23.6. The SMILES string of the molecule is Cc1cc2c([O-])c(c1)C=NCCCN=Cc1cc(C)cc(c1[O-])C=NCCCN=C2.O=P(c1ccccc1)(c1ccccc1)c1cccc([O-])c1.O=P(c1ccccc1)(c1ccccc1)c1cccc([O-])c1.[Zn+2].[Zn+2]. The van der Waals surface area contributed by atoms with E-state index in [9.17, 15) is 29.6 Å². The summed E-state index contributed by atoms with van der Waals surface area (Å²) in [6.07, 6.45) is 7.99. The number of benzene rings is 8. The van der Waals surface area contributed by atoms with Crippen molar-refractivity contribution in [2.75, 3.05) is 26.2 Å². The van der Waals surface area contributed by atoms with Crippen molar-refractivity contribution in [2.45, 2.75) is 26.7 Å². The Morgan fingerprint density at radius 3 is 0.824 bits per heavy atom. The summed E-state index contributed by atoms with van der Waals surface area (Å²) in [5.74, 6) is -0.370. The fraction of sp³-hybridized carbons (Fsp3) is 0.133. The van der Waals surface area contributed by atoms with Gasteiger partial charge in [-0.2, -0.15) is 0 Å². The average Bonchev–Trinajstić information content (AvgIpc) is 3.41. The Hall–Kier alpha value is -6.65. The molecule has 8 aromatic rings. The second kappa shape index (κ2) is 28.7. The monoisotopic (exact) mass is 1120 g/mol. The van der Waals surface area contributed by atoms with Crippen LogP contribution >= 0.6 is 14.3 Å². The molecule has 0 spiro atoms. The minimum absolute atomic E-state index is 0. The van der Waals surface area contributed by atoms with Gasteiger partial charge in [0, 0.05) is 82.9 Å². The fourth-order valence-electron chi connectivity index (χ4n) is 8.01. The standard InChI is InChI=1S/C24H28N4O2.2C18H15O2P.2Zn/c1-17-9-19-13-25-5-3-7-27-15-21-11-18(2)12-22(24(21)30)16-28-8-4-6-26-14-20(10-17)23(19)29;2*19-15-8-7-13-18(14-15)21(20,16-9-3-1-4-10-16)17-11-5-2-6-12-17;;/h9-16,29-30H,3-8H2,1-2H3;2*1-14,19H;;/q;;;2*+2/p-4. The van der Waals surface area contributed by atoms with Crippen molar-refractivity contribution in [1.29, 1.82) is 0 Å². The van der Waals surface area contributed by atoms with E-state index in [1.165, 1.54) is 24.3 Å². The van der Waals surface area contributed by atoms with Crippen LogP contribution in [0.3, 0.4) is 0 Å². The van der Waals surface area contributed by atoms with Crippen LogP contribution in [-0.4, -0.2) is 51.0 Å². The van der Waals surface area contributed by atoms with E-state index in [1.807, 2.05) is 159 Å². The molecule has 0 amide bonds. The minimum Gasteiger partial charge on any atom is -0.872 e. The van der Waals surface area contributed by atoms with Crippen LogP contribution in [0.15, 0.2) is 214 Å². The molecule has 0 atom stereocenters. The molecule has 1 aliphatic heterocycles. The van der Waals surface area contributed by atoms with Crippen molar-refractivity contribution in [2.24, 2.45) is 20.0 Å². The first kappa shape index (κ1) is 58.2. The zero-order valence-corrected chi connectivity index (χ0v) is 49.3. The molecule has 0 unspecified atom stereocenters. The molecule has 9 rings (SSSR count). The Labute approximate surface area is 459 Å². The molecule has 74 heavy (non-hydrogen) atoms. The average molecular weight is 1120 g/mol. The number of fused-ring (bicyclic) bond motifs is 4. The van der Waals surface area contributed by atoms with Crippen LogP contribution in [-0.2, 0) is 48.1 Å². The largest absolute Gasteiger partial charge is 2.00 e. The molecular formula is C60H54N4O6P2Zn2. The Kier molecular flexibility index (Phi) is 22.6. The number of aryl methyl sites for hydroxylation is 2. The van der Waals surface area contributed by atoms with Crippen molar-refractivity contribution in [3.63, 3.8) is 0 Å². The molecule has 0 aromatic heterocycles. The van der Waals surface area contributed by atoms with Crippen molar-refractivity contribution >= 4 is 71.0 Å². The van der Waals surface area contributed by atoms with Gasteiger partial charge < -0.3 is 29.6 Å². The molecule has 10 nitrogen and oxygen atoms in total. The number of rotatable bonds is 6. The summed E-state index contributed by atoms with van der Waals surface area (Å²) in [5, 5.41) is 52.6. The summed E-state index contributed by atoms with van der Waals surface area (Å²) < 4.78 is 27.7. The maximum Gasteiger partial charge on any atom is 2.00 e. The van der Waals surface area contributed by atoms with Crippen LogP contribution in [0, 0.1) is 13.8 Å². The van der Waals surface area contributed by atoms with Crippen LogP contribution < -0.4 is 52.3 Å². The number of hydrogen-bond donors (Lipinski definition) is 0. The maximum absolute atomic E-state index is 13.8. The summed E-state index contributed by atoms with van der Waals surface area (Å²) in [4.78, 5) is 17.5. The van der Waals surface area contributed by atoms with Crippen molar-refractivity contribution in [1.82, 2.24) is 0 Å². The van der Waals surface area contributed by atoms with Gasteiger partial charge in [0.05, 0.1) is 0 Å². The summed E-state index contributed by atoms with van der Waals surface area (Å²) in [6.45, 7) is 6.15. The summed E-state index contributed by atoms with van der Waals surface area (Å²) in [7, 11) is -6.01. The summed E-state index contributed by atoms with van der Waals surface area (Å²) in [6, 6.07) is 57.4. The van der Waals surface area contributed by atoms with Gasteiger partial charge in [-0.1, -0.05) is 206 Å². The third-order valence-electron chi connectivity index (χ3n) is 11.5. The number of hydrogen-bond acceptors (Lipinski definition) is 10. The van der Waals surface area contributed by atoms with Crippen LogP contribution in [0.25, 0.3) is 0 Å². The van der Waals surface area contributed by atoms with Gasteiger partial charge in [-0.05, 0) is 60.1 Å². The molecular weight excluding hydrogens is 1070 g/mol. The maximum atomic E-state index is 13.8.